The third-order valence-corrected chi connectivity index (χ3v) is 2.58. The van der Waals surface area contributed by atoms with Crippen molar-refractivity contribution in [2.24, 2.45) is 0 Å². The molecule has 0 spiro atoms. The Balaban J connectivity index is 3.62. The average molecular weight is 238 g/mol. The van der Waals surface area contributed by atoms with Crippen LogP contribution in [0.3, 0.4) is 0 Å². The van der Waals surface area contributed by atoms with Gasteiger partial charge in [-0.3, -0.25) is 4.90 Å². The third-order valence-electron chi connectivity index (χ3n) is 2.02. The second-order valence-electron chi connectivity index (χ2n) is 2.98. The Morgan fingerprint density at radius 1 is 1.50 bits per heavy atom. The summed E-state index contributed by atoms with van der Waals surface area (Å²) in [6.07, 6.45) is 1.21. The van der Waals surface area contributed by atoms with Crippen molar-refractivity contribution in [1.29, 1.82) is 0 Å². The van der Waals surface area contributed by atoms with Crippen molar-refractivity contribution >= 4 is 15.9 Å². The predicted octanol–water partition coefficient (Wildman–Crippen LogP) is 2.13. The summed E-state index contributed by atoms with van der Waals surface area (Å²) in [5.41, 5.74) is 0. The summed E-state index contributed by atoms with van der Waals surface area (Å²) in [7, 11) is 1.76. The van der Waals surface area contributed by atoms with E-state index in [4.69, 9.17) is 4.74 Å². The van der Waals surface area contributed by atoms with Gasteiger partial charge in [-0.25, -0.2) is 0 Å². The van der Waals surface area contributed by atoms with Gasteiger partial charge in [0.15, 0.2) is 0 Å². The SMILES string of the molecule is CCN(CCCBr)C(C)COC. The van der Waals surface area contributed by atoms with Gasteiger partial charge in [0, 0.05) is 18.5 Å². The smallest absolute Gasteiger partial charge is 0.0615 e. The number of hydrogen-bond donors (Lipinski definition) is 0. The van der Waals surface area contributed by atoms with Gasteiger partial charge in [0.1, 0.15) is 0 Å². The Hall–Kier alpha value is 0.400. The van der Waals surface area contributed by atoms with Crippen LogP contribution in [0.2, 0.25) is 0 Å². The number of rotatable bonds is 7. The molecule has 0 fully saturated rings. The molecule has 0 aliphatic heterocycles. The van der Waals surface area contributed by atoms with Crippen molar-refractivity contribution in [2.45, 2.75) is 26.3 Å². The Labute approximate surface area is 84.4 Å². The van der Waals surface area contributed by atoms with Gasteiger partial charge in [-0.2, -0.15) is 0 Å². The number of nitrogens with zero attached hydrogens (tertiary/aromatic N) is 1. The highest BCUT2D eigenvalue weighted by Crippen LogP contribution is 2.01. The molecule has 12 heavy (non-hydrogen) atoms. The van der Waals surface area contributed by atoms with E-state index in [1.54, 1.807) is 7.11 Å². The fraction of sp³-hybridized carbons (Fsp3) is 1.00. The molecule has 0 saturated carbocycles. The molecule has 0 aromatic heterocycles. The minimum atomic E-state index is 0.541. The molecular formula is C9H20BrNO. The second-order valence-corrected chi connectivity index (χ2v) is 3.77. The van der Waals surface area contributed by atoms with Crippen molar-refractivity contribution in [1.82, 2.24) is 4.90 Å². The van der Waals surface area contributed by atoms with E-state index in [2.05, 4.69) is 34.7 Å². The van der Waals surface area contributed by atoms with Gasteiger partial charge in [-0.1, -0.05) is 22.9 Å². The first-order valence-electron chi connectivity index (χ1n) is 4.55. The normalized spacial score (nSPS) is 13.8. The van der Waals surface area contributed by atoms with Crippen LogP contribution in [0.4, 0.5) is 0 Å². The first-order chi connectivity index (χ1) is 5.76. The van der Waals surface area contributed by atoms with Crippen LogP contribution in [0.15, 0.2) is 0 Å². The lowest BCUT2D eigenvalue weighted by Crippen LogP contribution is -2.36. The molecule has 0 aromatic rings. The highest BCUT2D eigenvalue weighted by atomic mass is 79.9. The highest BCUT2D eigenvalue weighted by Gasteiger charge is 2.09. The first kappa shape index (κ1) is 12.4. The number of halogens is 1. The second kappa shape index (κ2) is 8.02. The van der Waals surface area contributed by atoms with Crippen LogP contribution >= 0.6 is 15.9 Å². The van der Waals surface area contributed by atoms with Crippen molar-refractivity contribution in [3.05, 3.63) is 0 Å². The molecule has 0 heterocycles. The van der Waals surface area contributed by atoms with Crippen molar-refractivity contribution in [2.75, 3.05) is 32.1 Å². The Bertz CT molecular complexity index is 101. The van der Waals surface area contributed by atoms with Gasteiger partial charge >= 0.3 is 0 Å². The quantitative estimate of drug-likeness (QED) is 0.630. The maximum Gasteiger partial charge on any atom is 0.0615 e. The van der Waals surface area contributed by atoms with Crippen LogP contribution in [0.25, 0.3) is 0 Å². The summed E-state index contributed by atoms with van der Waals surface area (Å²) in [5, 5.41) is 1.09. The number of likely N-dealkylation sites (N-methyl/N-ethyl adjacent to an activating group) is 1. The number of ether oxygens (including phenoxy) is 1. The molecule has 0 amide bonds. The largest absolute Gasteiger partial charge is 0.383 e. The Morgan fingerprint density at radius 3 is 2.58 bits per heavy atom. The van der Waals surface area contributed by atoms with Crippen LogP contribution in [-0.4, -0.2) is 43.1 Å². The van der Waals surface area contributed by atoms with Crippen LogP contribution in [-0.2, 0) is 4.74 Å². The summed E-state index contributed by atoms with van der Waals surface area (Å²) in [6.45, 7) is 7.50. The van der Waals surface area contributed by atoms with E-state index >= 15 is 0 Å². The standard InChI is InChI=1S/C9H20BrNO/c1-4-11(7-5-6-10)9(2)8-12-3/h9H,4-8H2,1-3H3. The molecule has 0 aliphatic rings. The topological polar surface area (TPSA) is 12.5 Å². The fourth-order valence-corrected chi connectivity index (χ4v) is 1.55. The van der Waals surface area contributed by atoms with Crippen LogP contribution < -0.4 is 0 Å². The molecule has 3 heteroatoms. The zero-order valence-corrected chi connectivity index (χ0v) is 9.93. The van der Waals surface area contributed by atoms with Gasteiger partial charge in [0.25, 0.3) is 0 Å². The van der Waals surface area contributed by atoms with Gasteiger partial charge in [0.05, 0.1) is 6.61 Å². The number of hydrogen-bond acceptors (Lipinski definition) is 2. The number of methoxy groups -OCH3 is 1. The average Bonchev–Trinajstić information content (AvgIpc) is 2.06. The molecule has 1 unspecified atom stereocenters. The van der Waals surface area contributed by atoms with E-state index in [9.17, 15) is 0 Å². The zero-order chi connectivity index (χ0) is 9.40. The van der Waals surface area contributed by atoms with Crippen molar-refractivity contribution in [3.63, 3.8) is 0 Å². The molecule has 0 rings (SSSR count). The van der Waals surface area contributed by atoms with Crippen molar-refractivity contribution < 1.29 is 4.74 Å². The first-order valence-corrected chi connectivity index (χ1v) is 5.67. The zero-order valence-electron chi connectivity index (χ0n) is 8.35. The summed E-state index contributed by atoms with van der Waals surface area (Å²) >= 11 is 3.44. The summed E-state index contributed by atoms with van der Waals surface area (Å²) in [5.74, 6) is 0. The van der Waals surface area contributed by atoms with Crippen LogP contribution in [0, 0.1) is 0 Å². The van der Waals surface area contributed by atoms with Gasteiger partial charge in [0.2, 0.25) is 0 Å². The predicted molar refractivity (Wildman–Crippen MR) is 57.0 cm³/mol. The lowest BCUT2D eigenvalue weighted by atomic mass is 10.3. The minimum Gasteiger partial charge on any atom is -0.383 e. The molecule has 1 atom stereocenters. The maximum atomic E-state index is 5.11. The minimum absolute atomic E-state index is 0.541. The highest BCUT2D eigenvalue weighted by molar-refractivity contribution is 9.09. The number of alkyl halides is 1. The van der Waals surface area contributed by atoms with Crippen LogP contribution in [0.1, 0.15) is 20.3 Å². The summed E-state index contributed by atoms with van der Waals surface area (Å²) in [4.78, 5) is 2.44. The van der Waals surface area contributed by atoms with Gasteiger partial charge in [-0.15, -0.1) is 0 Å². The Kier molecular flexibility index (Phi) is 8.29. The molecule has 0 radical (unpaired) electrons. The fourth-order valence-electron chi connectivity index (χ4n) is 1.30. The van der Waals surface area contributed by atoms with Crippen LogP contribution in [0.5, 0.6) is 0 Å². The summed E-state index contributed by atoms with van der Waals surface area (Å²) < 4.78 is 5.11. The monoisotopic (exact) mass is 237 g/mol. The van der Waals surface area contributed by atoms with Gasteiger partial charge in [-0.05, 0) is 26.4 Å². The van der Waals surface area contributed by atoms with E-state index in [1.807, 2.05) is 0 Å². The molecule has 74 valence electrons. The van der Waals surface area contributed by atoms with Crippen molar-refractivity contribution in [3.8, 4) is 0 Å². The summed E-state index contributed by atoms with van der Waals surface area (Å²) in [6, 6.07) is 0.541. The molecule has 0 bridgehead atoms. The molecule has 0 saturated heterocycles. The molecular weight excluding hydrogens is 218 g/mol. The van der Waals surface area contributed by atoms with E-state index in [0.29, 0.717) is 6.04 Å². The lowest BCUT2D eigenvalue weighted by molar-refractivity contribution is 0.103. The van der Waals surface area contributed by atoms with E-state index in [0.717, 1.165) is 25.0 Å². The van der Waals surface area contributed by atoms with Gasteiger partial charge < -0.3 is 4.74 Å². The maximum absolute atomic E-state index is 5.11. The van der Waals surface area contributed by atoms with E-state index in [-0.39, 0.29) is 0 Å². The molecule has 0 aliphatic carbocycles. The molecule has 0 aromatic carbocycles. The molecule has 0 N–H and O–H groups in total. The third kappa shape index (κ3) is 5.12. The van der Waals surface area contributed by atoms with E-state index < -0.39 is 0 Å². The lowest BCUT2D eigenvalue weighted by Gasteiger charge is -2.26. The Morgan fingerprint density at radius 2 is 2.17 bits per heavy atom. The molecule has 2 nitrogen and oxygen atoms in total. The van der Waals surface area contributed by atoms with E-state index in [1.165, 1.54) is 6.42 Å².